The normalized spacial score (nSPS) is 13.0. The number of aromatic hydroxyl groups is 2. The van der Waals surface area contributed by atoms with E-state index in [0.29, 0.717) is 22.5 Å². The lowest BCUT2D eigenvalue weighted by atomic mass is 9.66. The molecule has 1 aliphatic carbocycles. The highest BCUT2D eigenvalue weighted by molar-refractivity contribution is 5.90. The number of phenols is 2. The van der Waals surface area contributed by atoms with E-state index in [0.717, 1.165) is 55.6 Å². The van der Waals surface area contributed by atoms with Crippen molar-refractivity contribution in [3.8, 4) is 44.9 Å². The average Bonchev–Trinajstić information content (AvgIpc) is 3.29. The van der Waals surface area contributed by atoms with Crippen molar-refractivity contribution in [2.75, 3.05) is 11.5 Å². The van der Waals surface area contributed by atoms with Gasteiger partial charge in [0.2, 0.25) is 0 Å². The fourth-order valence-corrected chi connectivity index (χ4v) is 6.76. The van der Waals surface area contributed by atoms with Crippen molar-refractivity contribution in [1.82, 2.24) is 0 Å². The largest absolute Gasteiger partial charge is 0.505 e. The van der Waals surface area contributed by atoms with Crippen molar-refractivity contribution < 1.29 is 10.2 Å². The van der Waals surface area contributed by atoms with E-state index >= 15 is 0 Å². The Balaban J connectivity index is 1.66. The molecular formula is C39H32N2O2. The SMILES string of the molecule is Cc1ccc2c(c1)C(c1cc(N)c(O)c(-c3ccccc3)c1)(c1cc(N)c(O)c(-c3ccccc3)c1)c1cc(C)ccc1-2. The van der Waals surface area contributed by atoms with Gasteiger partial charge in [0.1, 0.15) is 11.5 Å². The second-order valence-corrected chi connectivity index (χ2v) is 11.5. The van der Waals surface area contributed by atoms with E-state index in [1.165, 1.54) is 0 Å². The van der Waals surface area contributed by atoms with E-state index in [9.17, 15) is 10.2 Å². The first kappa shape index (κ1) is 26.4. The summed E-state index contributed by atoms with van der Waals surface area (Å²) >= 11 is 0. The van der Waals surface area contributed by atoms with Crippen LogP contribution in [0.2, 0.25) is 0 Å². The first-order valence-electron chi connectivity index (χ1n) is 14.4. The van der Waals surface area contributed by atoms with Gasteiger partial charge in [-0.1, -0.05) is 108 Å². The summed E-state index contributed by atoms with van der Waals surface area (Å²) in [6, 6.07) is 40.6. The summed E-state index contributed by atoms with van der Waals surface area (Å²) < 4.78 is 0. The summed E-state index contributed by atoms with van der Waals surface area (Å²) in [5.41, 5.74) is 24.5. The van der Waals surface area contributed by atoms with Crippen LogP contribution >= 0.6 is 0 Å². The van der Waals surface area contributed by atoms with E-state index < -0.39 is 5.41 Å². The van der Waals surface area contributed by atoms with Crippen LogP contribution in [0.4, 0.5) is 11.4 Å². The molecule has 0 atom stereocenters. The molecule has 0 radical (unpaired) electrons. The summed E-state index contributed by atoms with van der Waals surface area (Å²) in [4.78, 5) is 0. The molecule has 7 rings (SSSR count). The predicted molar refractivity (Wildman–Crippen MR) is 176 cm³/mol. The maximum absolute atomic E-state index is 11.2. The molecule has 6 aromatic carbocycles. The molecule has 0 saturated carbocycles. The number of nitrogens with two attached hydrogens (primary N) is 2. The molecule has 0 aromatic heterocycles. The number of aryl methyl sites for hydroxylation is 2. The second kappa shape index (κ2) is 9.81. The summed E-state index contributed by atoms with van der Waals surface area (Å²) in [6.45, 7) is 4.20. The molecule has 210 valence electrons. The fourth-order valence-electron chi connectivity index (χ4n) is 6.76. The van der Waals surface area contributed by atoms with Gasteiger partial charge in [0, 0.05) is 11.1 Å². The monoisotopic (exact) mass is 560 g/mol. The van der Waals surface area contributed by atoms with Gasteiger partial charge < -0.3 is 21.7 Å². The molecule has 4 heteroatoms. The van der Waals surface area contributed by atoms with Gasteiger partial charge in [0.15, 0.2) is 0 Å². The molecule has 0 aliphatic heterocycles. The number of benzene rings is 6. The van der Waals surface area contributed by atoms with E-state index in [1.54, 1.807) is 0 Å². The van der Waals surface area contributed by atoms with Crippen molar-refractivity contribution >= 4 is 11.4 Å². The minimum Gasteiger partial charge on any atom is -0.505 e. The third-order valence-corrected chi connectivity index (χ3v) is 8.76. The molecule has 43 heavy (non-hydrogen) atoms. The Morgan fingerprint density at radius 1 is 0.465 bits per heavy atom. The lowest BCUT2D eigenvalue weighted by Gasteiger charge is -2.35. The first-order chi connectivity index (χ1) is 20.8. The Hall–Kier alpha value is -5.48. The van der Waals surface area contributed by atoms with E-state index in [2.05, 4.69) is 62.4 Å². The number of fused-ring (bicyclic) bond motifs is 3. The van der Waals surface area contributed by atoms with Crippen LogP contribution in [0, 0.1) is 13.8 Å². The number of rotatable bonds is 4. The van der Waals surface area contributed by atoms with Crippen molar-refractivity contribution in [3.05, 3.63) is 155 Å². The summed E-state index contributed by atoms with van der Waals surface area (Å²) in [7, 11) is 0. The van der Waals surface area contributed by atoms with Crippen LogP contribution in [0.5, 0.6) is 11.5 Å². The minimum absolute atomic E-state index is 0.0484. The van der Waals surface area contributed by atoms with Gasteiger partial charge in [-0.25, -0.2) is 0 Å². The minimum atomic E-state index is -0.848. The standard InChI is InChI=1S/C39H32N2O2/c1-23-13-15-29-30-16-14-24(2)18-34(30)39(33(29)17-23,27-19-31(37(42)35(40)21-27)25-9-5-3-6-10-25)28-20-32(38(43)36(41)22-28)26-11-7-4-8-12-26/h3-22,42-43H,40-41H2,1-2H3. The van der Waals surface area contributed by atoms with Gasteiger partial charge >= 0.3 is 0 Å². The highest BCUT2D eigenvalue weighted by Crippen LogP contribution is 2.59. The van der Waals surface area contributed by atoms with Crippen LogP contribution in [-0.4, -0.2) is 10.2 Å². The Morgan fingerprint density at radius 2 is 0.860 bits per heavy atom. The first-order valence-corrected chi connectivity index (χ1v) is 14.4. The van der Waals surface area contributed by atoms with Crippen LogP contribution in [0.3, 0.4) is 0 Å². The van der Waals surface area contributed by atoms with Crippen molar-refractivity contribution in [3.63, 3.8) is 0 Å². The third-order valence-electron chi connectivity index (χ3n) is 8.76. The van der Waals surface area contributed by atoms with E-state index in [-0.39, 0.29) is 11.5 Å². The molecule has 0 spiro atoms. The number of anilines is 2. The second-order valence-electron chi connectivity index (χ2n) is 11.5. The maximum Gasteiger partial charge on any atom is 0.146 e. The number of hydrogen-bond acceptors (Lipinski definition) is 4. The van der Waals surface area contributed by atoms with Gasteiger partial charge in [-0.15, -0.1) is 0 Å². The Kier molecular flexibility index (Phi) is 6.03. The number of phenolic OH excluding ortho intramolecular Hbond substituents is 2. The lowest BCUT2D eigenvalue weighted by Crippen LogP contribution is -2.29. The van der Waals surface area contributed by atoms with E-state index in [4.69, 9.17) is 11.5 Å². The van der Waals surface area contributed by atoms with Gasteiger partial charge in [-0.3, -0.25) is 0 Å². The Labute approximate surface area is 251 Å². The van der Waals surface area contributed by atoms with Gasteiger partial charge in [-0.2, -0.15) is 0 Å². The lowest BCUT2D eigenvalue weighted by molar-refractivity contribution is 0.479. The Bertz CT molecular complexity index is 1880. The maximum atomic E-state index is 11.2. The van der Waals surface area contributed by atoms with Gasteiger partial charge in [0.25, 0.3) is 0 Å². The van der Waals surface area contributed by atoms with Crippen LogP contribution in [0.15, 0.2) is 121 Å². The van der Waals surface area contributed by atoms with E-state index in [1.807, 2.05) is 72.8 Å². The zero-order chi connectivity index (χ0) is 29.9. The predicted octanol–water partition coefficient (Wildman–Crippen LogP) is 8.58. The average molecular weight is 561 g/mol. The molecule has 0 fully saturated rings. The molecule has 0 unspecified atom stereocenters. The van der Waals surface area contributed by atoms with Crippen molar-refractivity contribution in [2.24, 2.45) is 0 Å². The van der Waals surface area contributed by atoms with Crippen molar-refractivity contribution in [2.45, 2.75) is 19.3 Å². The summed E-state index contributed by atoms with van der Waals surface area (Å²) in [5, 5.41) is 22.5. The number of hydrogen-bond donors (Lipinski definition) is 4. The summed E-state index contributed by atoms with van der Waals surface area (Å²) in [6.07, 6.45) is 0. The zero-order valence-corrected chi connectivity index (χ0v) is 24.1. The molecule has 4 nitrogen and oxygen atoms in total. The van der Waals surface area contributed by atoms with Crippen LogP contribution in [0.25, 0.3) is 33.4 Å². The molecular weight excluding hydrogens is 528 g/mol. The molecule has 6 aromatic rings. The van der Waals surface area contributed by atoms with Crippen LogP contribution in [0.1, 0.15) is 33.4 Å². The Morgan fingerprint density at radius 3 is 1.26 bits per heavy atom. The molecule has 0 heterocycles. The molecule has 0 saturated heterocycles. The fraction of sp³-hybridized carbons (Fsp3) is 0.0769. The van der Waals surface area contributed by atoms with Crippen molar-refractivity contribution in [1.29, 1.82) is 0 Å². The van der Waals surface area contributed by atoms with Crippen LogP contribution < -0.4 is 11.5 Å². The topological polar surface area (TPSA) is 92.5 Å². The highest BCUT2D eigenvalue weighted by Gasteiger charge is 2.47. The zero-order valence-electron chi connectivity index (χ0n) is 24.1. The quantitative estimate of drug-likeness (QED) is 0.128. The highest BCUT2D eigenvalue weighted by atomic mass is 16.3. The molecule has 1 aliphatic rings. The summed E-state index contributed by atoms with van der Waals surface area (Å²) in [5.74, 6) is 0.0967. The van der Waals surface area contributed by atoms with Crippen LogP contribution in [-0.2, 0) is 5.41 Å². The molecule has 0 amide bonds. The molecule has 0 bridgehead atoms. The molecule has 6 N–H and O–H groups in total. The number of nitrogen functional groups attached to an aromatic ring is 2. The smallest absolute Gasteiger partial charge is 0.146 e. The van der Waals surface area contributed by atoms with Gasteiger partial charge in [-0.05, 0) is 82.6 Å². The van der Waals surface area contributed by atoms with Gasteiger partial charge in [0.05, 0.1) is 16.8 Å². The third kappa shape index (κ3) is 3.98.